The van der Waals surface area contributed by atoms with Crippen molar-refractivity contribution in [3.63, 3.8) is 0 Å². The summed E-state index contributed by atoms with van der Waals surface area (Å²) in [5.74, 6) is 0.539. The summed E-state index contributed by atoms with van der Waals surface area (Å²) >= 11 is 0. The predicted molar refractivity (Wildman–Crippen MR) is 73.3 cm³/mol. The van der Waals surface area contributed by atoms with Gasteiger partial charge in [0.1, 0.15) is 5.82 Å². The molecule has 0 atom stereocenters. The molecule has 19 heavy (non-hydrogen) atoms. The number of amides is 1. The van der Waals surface area contributed by atoms with E-state index in [1.807, 2.05) is 6.92 Å². The second kappa shape index (κ2) is 8.44. The molecule has 0 aliphatic carbocycles. The summed E-state index contributed by atoms with van der Waals surface area (Å²) in [6, 6.07) is 3.38. The van der Waals surface area contributed by atoms with Crippen LogP contribution in [-0.2, 0) is 4.74 Å². The number of rotatable bonds is 8. The Morgan fingerprint density at radius 1 is 1.53 bits per heavy atom. The maximum atomic E-state index is 12.3. The molecule has 1 rings (SSSR count). The first-order chi connectivity index (χ1) is 9.22. The van der Waals surface area contributed by atoms with E-state index in [0.717, 1.165) is 6.54 Å². The van der Waals surface area contributed by atoms with Gasteiger partial charge in [0.2, 0.25) is 0 Å². The van der Waals surface area contributed by atoms with Crippen LogP contribution in [0.25, 0.3) is 0 Å². The van der Waals surface area contributed by atoms with Crippen LogP contribution in [0.3, 0.4) is 0 Å². The standard InChI is InChI=1S/C13H21N3O3/c1-3-14-12-10-11(4-5-15-12)13(18)16(6-8-17)7-9-19-2/h4-5,10,17H,3,6-9H2,1-2H3,(H,14,15). The Kier molecular flexibility index (Phi) is 6.84. The highest BCUT2D eigenvalue weighted by Gasteiger charge is 2.15. The molecule has 0 aliphatic rings. The summed E-state index contributed by atoms with van der Waals surface area (Å²) in [5.41, 5.74) is 0.551. The second-order valence-electron chi connectivity index (χ2n) is 3.97. The van der Waals surface area contributed by atoms with Gasteiger partial charge in [-0.1, -0.05) is 0 Å². The summed E-state index contributed by atoms with van der Waals surface area (Å²) in [6.07, 6.45) is 1.60. The van der Waals surface area contributed by atoms with Crippen molar-refractivity contribution in [2.45, 2.75) is 6.92 Å². The molecular formula is C13H21N3O3. The van der Waals surface area contributed by atoms with Crippen molar-refractivity contribution in [2.75, 3.05) is 45.3 Å². The highest BCUT2D eigenvalue weighted by molar-refractivity contribution is 5.94. The molecule has 0 saturated carbocycles. The quantitative estimate of drug-likeness (QED) is 0.721. The minimum atomic E-state index is -0.132. The highest BCUT2D eigenvalue weighted by Crippen LogP contribution is 2.09. The fraction of sp³-hybridized carbons (Fsp3) is 0.538. The molecular weight excluding hydrogens is 246 g/mol. The number of methoxy groups -OCH3 is 1. The van der Waals surface area contributed by atoms with Gasteiger partial charge in [0.25, 0.3) is 5.91 Å². The number of carbonyl (C=O) groups is 1. The Morgan fingerprint density at radius 2 is 2.32 bits per heavy atom. The van der Waals surface area contributed by atoms with E-state index in [2.05, 4.69) is 10.3 Å². The molecule has 0 bridgehead atoms. The number of hydrogen-bond donors (Lipinski definition) is 2. The number of anilines is 1. The van der Waals surface area contributed by atoms with Gasteiger partial charge in [-0.3, -0.25) is 4.79 Å². The van der Waals surface area contributed by atoms with Crippen molar-refractivity contribution < 1.29 is 14.6 Å². The summed E-state index contributed by atoms with van der Waals surface area (Å²) in [7, 11) is 1.58. The van der Waals surface area contributed by atoms with Crippen LogP contribution in [0.5, 0.6) is 0 Å². The van der Waals surface area contributed by atoms with Crippen LogP contribution >= 0.6 is 0 Å². The normalized spacial score (nSPS) is 10.3. The van der Waals surface area contributed by atoms with Gasteiger partial charge in [-0.05, 0) is 19.1 Å². The first-order valence-electron chi connectivity index (χ1n) is 6.32. The lowest BCUT2D eigenvalue weighted by atomic mass is 10.2. The van der Waals surface area contributed by atoms with E-state index in [0.29, 0.717) is 31.1 Å². The molecule has 6 nitrogen and oxygen atoms in total. The summed E-state index contributed by atoms with van der Waals surface area (Å²) < 4.78 is 4.97. The van der Waals surface area contributed by atoms with Gasteiger partial charge in [0, 0.05) is 38.5 Å². The van der Waals surface area contributed by atoms with Crippen LogP contribution in [0.2, 0.25) is 0 Å². The van der Waals surface area contributed by atoms with Crippen molar-refractivity contribution in [2.24, 2.45) is 0 Å². The van der Waals surface area contributed by atoms with Crippen molar-refractivity contribution in [3.8, 4) is 0 Å². The van der Waals surface area contributed by atoms with Crippen LogP contribution in [0.15, 0.2) is 18.3 Å². The highest BCUT2D eigenvalue weighted by atomic mass is 16.5. The summed E-state index contributed by atoms with van der Waals surface area (Å²) in [4.78, 5) is 18.0. The number of hydrogen-bond acceptors (Lipinski definition) is 5. The lowest BCUT2D eigenvalue weighted by molar-refractivity contribution is 0.0656. The molecule has 0 aliphatic heterocycles. The van der Waals surface area contributed by atoms with E-state index in [1.54, 1.807) is 30.3 Å². The van der Waals surface area contributed by atoms with E-state index in [9.17, 15) is 4.79 Å². The van der Waals surface area contributed by atoms with Crippen LogP contribution in [0.4, 0.5) is 5.82 Å². The number of aliphatic hydroxyl groups excluding tert-OH is 1. The molecule has 0 spiro atoms. The Labute approximate surface area is 113 Å². The third-order valence-corrected chi connectivity index (χ3v) is 2.59. The molecule has 106 valence electrons. The first kappa shape index (κ1) is 15.4. The third-order valence-electron chi connectivity index (χ3n) is 2.59. The summed E-state index contributed by atoms with van der Waals surface area (Å²) in [6.45, 7) is 3.83. The van der Waals surface area contributed by atoms with Crippen molar-refractivity contribution >= 4 is 11.7 Å². The molecule has 0 radical (unpaired) electrons. The molecule has 0 saturated heterocycles. The number of aromatic nitrogens is 1. The average molecular weight is 267 g/mol. The van der Waals surface area contributed by atoms with E-state index in [-0.39, 0.29) is 12.5 Å². The van der Waals surface area contributed by atoms with Gasteiger partial charge in [0.15, 0.2) is 0 Å². The van der Waals surface area contributed by atoms with Gasteiger partial charge >= 0.3 is 0 Å². The lowest BCUT2D eigenvalue weighted by Gasteiger charge is -2.21. The van der Waals surface area contributed by atoms with Crippen molar-refractivity contribution in [3.05, 3.63) is 23.9 Å². The van der Waals surface area contributed by atoms with Gasteiger partial charge in [-0.2, -0.15) is 0 Å². The van der Waals surface area contributed by atoms with Gasteiger partial charge in [-0.25, -0.2) is 4.98 Å². The molecule has 6 heteroatoms. The SMILES string of the molecule is CCNc1cc(C(=O)N(CCO)CCOC)ccn1. The Hall–Kier alpha value is -1.66. The second-order valence-corrected chi connectivity index (χ2v) is 3.97. The zero-order valence-electron chi connectivity index (χ0n) is 11.4. The zero-order valence-corrected chi connectivity index (χ0v) is 11.4. The molecule has 0 aromatic carbocycles. The van der Waals surface area contributed by atoms with E-state index < -0.39 is 0 Å². The fourth-order valence-corrected chi connectivity index (χ4v) is 1.66. The number of carbonyl (C=O) groups excluding carboxylic acids is 1. The summed E-state index contributed by atoms with van der Waals surface area (Å²) in [5, 5.41) is 12.1. The lowest BCUT2D eigenvalue weighted by Crippen LogP contribution is -2.36. The third kappa shape index (κ3) is 4.84. The molecule has 1 aromatic rings. The largest absolute Gasteiger partial charge is 0.395 e. The number of nitrogens with zero attached hydrogens (tertiary/aromatic N) is 2. The molecule has 1 heterocycles. The molecule has 2 N–H and O–H groups in total. The van der Waals surface area contributed by atoms with E-state index >= 15 is 0 Å². The zero-order chi connectivity index (χ0) is 14.1. The molecule has 1 amide bonds. The maximum absolute atomic E-state index is 12.3. The molecule has 0 fully saturated rings. The maximum Gasteiger partial charge on any atom is 0.254 e. The number of ether oxygens (including phenoxy) is 1. The smallest absolute Gasteiger partial charge is 0.254 e. The van der Waals surface area contributed by atoms with Crippen LogP contribution in [0, 0.1) is 0 Å². The van der Waals surface area contributed by atoms with Gasteiger partial charge in [-0.15, -0.1) is 0 Å². The monoisotopic (exact) mass is 267 g/mol. The van der Waals surface area contributed by atoms with Gasteiger partial charge < -0.3 is 20.1 Å². The molecule has 1 aromatic heterocycles. The Balaban J connectivity index is 2.79. The number of aliphatic hydroxyl groups is 1. The first-order valence-corrected chi connectivity index (χ1v) is 6.32. The van der Waals surface area contributed by atoms with E-state index in [4.69, 9.17) is 9.84 Å². The van der Waals surface area contributed by atoms with Crippen LogP contribution in [0.1, 0.15) is 17.3 Å². The van der Waals surface area contributed by atoms with Gasteiger partial charge in [0.05, 0.1) is 13.2 Å². The Bertz CT molecular complexity index is 398. The van der Waals surface area contributed by atoms with E-state index in [1.165, 1.54) is 0 Å². The van der Waals surface area contributed by atoms with Crippen molar-refractivity contribution in [1.29, 1.82) is 0 Å². The Morgan fingerprint density at radius 3 is 2.95 bits per heavy atom. The predicted octanol–water partition coefficient (Wildman–Crippen LogP) is 0.594. The average Bonchev–Trinajstić information content (AvgIpc) is 2.43. The fourth-order valence-electron chi connectivity index (χ4n) is 1.66. The van der Waals surface area contributed by atoms with Crippen molar-refractivity contribution in [1.82, 2.24) is 9.88 Å². The minimum absolute atomic E-state index is 0.0688. The van der Waals surface area contributed by atoms with Crippen LogP contribution < -0.4 is 5.32 Å². The molecule has 0 unspecified atom stereocenters. The minimum Gasteiger partial charge on any atom is -0.395 e. The topological polar surface area (TPSA) is 74.7 Å². The number of nitrogens with one attached hydrogen (secondary N) is 1. The number of pyridine rings is 1. The van der Waals surface area contributed by atoms with Crippen LogP contribution in [-0.4, -0.2) is 60.9 Å².